The Morgan fingerprint density at radius 2 is 1.67 bits per heavy atom. The molecule has 0 saturated carbocycles. The molecule has 0 N–H and O–H groups in total. The molecule has 0 bridgehead atoms. The third-order valence-electron chi connectivity index (χ3n) is 6.14. The highest BCUT2D eigenvalue weighted by molar-refractivity contribution is 7.92. The smallest absolute Gasteiger partial charge is 0.264 e. The third-order valence-corrected chi connectivity index (χ3v) is 7.92. The molecule has 1 aliphatic rings. The van der Waals surface area contributed by atoms with Crippen LogP contribution in [-0.2, 0) is 16.4 Å². The highest BCUT2D eigenvalue weighted by Crippen LogP contribution is 2.31. The Balaban J connectivity index is 1.52. The highest BCUT2D eigenvalue weighted by Gasteiger charge is 2.30. The number of para-hydroxylation sites is 2. The number of carbonyl (C=O) groups is 1. The second-order valence-corrected chi connectivity index (χ2v) is 10.1. The number of likely N-dealkylation sites (tertiary alicyclic amines) is 1. The molecule has 6 nitrogen and oxygen atoms in total. The van der Waals surface area contributed by atoms with Crippen LogP contribution in [0.1, 0.15) is 28.8 Å². The Hall–Kier alpha value is -3.32. The zero-order valence-corrected chi connectivity index (χ0v) is 19.7. The number of anilines is 1. The van der Waals surface area contributed by atoms with E-state index in [2.05, 4.69) is 12.1 Å². The van der Waals surface area contributed by atoms with Gasteiger partial charge in [0.25, 0.3) is 15.9 Å². The molecule has 0 unspecified atom stereocenters. The van der Waals surface area contributed by atoms with Crippen LogP contribution in [0.15, 0.2) is 83.8 Å². The lowest BCUT2D eigenvalue weighted by Crippen LogP contribution is -2.36. The van der Waals surface area contributed by atoms with Crippen molar-refractivity contribution < 1.29 is 17.9 Å². The van der Waals surface area contributed by atoms with E-state index >= 15 is 0 Å². The van der Waals surface area contributed by atoms with Gasteiger partial charge in [0.1, 0.15) is 5.75 Å². The van der Waals surface area contributed by atoms with Crippen LogP contribution in [-0.4, -0.2) is 46.0 Å². The number of carbonyl (C=O) groups excluding carboxylic acids is 1. The summed E-state index contributed by atoms with van der Waals surface area (Å²) in [6.45, 7) is 0.715. The van der Waals surface area contributed by atoms with E-state index in [4.69, 9.17) is 4.74 Å². The van der Waals surface area contributed by atoms with E-state index < -0.39 is 10.0 Å². The first-order valence-electron chi connectivity index (χ1n) is 11.0. The van der Waals surface area contributed by atoms with Gasteiger partial charge in [-0.2, -0.15) is 0 Å². The largest absolute Gasteiger partial charge is 0.495 e. The molecule has 7 heteroatoms. The molecule has 0 aliphatic carbocycles. The lowest BCUT2D eigenvalue weighted by molar-refractivity contribution is 0.0736. The summed E-state index contributed by atoms with van der Waals surface area (Å²) in [7, 11) is -0.815. The zero-order valence-electron chi connectivity index (χ0n) is 18.8. The molecule has 1 saturated heterocycles. The third kappa shape index (κ3) is 4.73. The molecule has 33 heavy (non-hydrogen) atoms. The molecule has 0 spiro atoms. The first kappa shape index (κ1) is 22.9. The molecular weight excluding hydrogens is 436 g/mol. The van der Waals surface area contributed by atoms with E-state index in [0.29, 0.717) is 23.5 Å². The van der Waals surface area contributed by atoms with Crippen LogP contribution < -0.4 is 9.04 Å². The second kappa shape index (κ2) is 9.67. The molecule has 0 radical (unpaired) electrons. The van der Waals surface area contributed by atoms with Crippen LogP contribution in [0.5, 0.6) is 5.75 Å². The quantitative estimate of drug-likeness (QED) is 0.521. The van der Waals surface area contributed by atoms with Crippen molar-refractivity contribution in [2.45, 2.75) is 30.2 Å². The maximum atomic E-state index is 13.2. The molecule has 4 rings (SSSR count). The van der Waals surface area contributed by atoms with Gasteiger partial charge in [0.15, 0.2) is 0 Å². The Morgan fingerprint density at radius 3 is 2.36 bits per heavy atom. The number of amides is 1. The molecule has 1 amide bonds. The Kier molecular flexibility index (Phi) is 6.70. The van der Waals surface area contributed by atoms with Gasteiger partial charge in [0, 0.05) is 25.2 Å². The predicted octanol–water partition coefficient (Wildman–Crippen LogP) is 4.37. The minimum absolute atomic E-state index is 0.0598. The molecule has 0 aromatic heterocycles. The van der Waals surface area contributed by atoms with Crippen molar-refractivity contribution in [1.82, 2.24) is 4.90 Å². The minimum Gasteiger partial charge on any atom is -0.495 e. The number of hydrogen-bond donors (Lipinski definition) is 0. The van der Waals surface area contributed by atoms with Crippen molar-refractivity contribution >= 4 is 21.6 Å². The lowest BCUT2D eigenvalue weighted by atomic mass is 10.0. The van der Waals surface area contributed by atoms with Gasteiger partial charge in [-0.3, -0.25) is 9.10 Å². The van der Waals surface area contributed by atoms with E-state index in [0.717, 1.165) is 19.3 Å². The summed E-state index contributed by atoms with van der Waals surface area (Å²) in [5.41, 5.74) is 2.15. The average Bonchev–Trinajstić information content (AvgIpc) is 3.31. The Bertz CT molecular complexity index is 1210. The van der Waals surface area contributed by atoms with Crippen molar-refractivity contribution in [2.24, 2.45) is 0 Å². The van der Waals surface area contributed by atoms with Crippen LogP contribution in [0.4, 0.5) is 5.69 Å². The normalized spacial score (nSPS) is 15.9. The molecular formula is C26H28N2O4S. The fraction of sp³-hybridized carbons (Fsp3) is 0.269. The van der Waals surface area contributed by atoms with Crippen molar-refractivity contribution in [3.05, 3.63) is 90.0 Å². The summed E-state index contributed by atoms with van der Waals surface area (Å²) in [5, 5.41) is 0. The van der Waals surface area contributed by atoms with Gasteiger partial charge in [0.05, 0.1) is 17.7 Å². The summed E-state index contributed by atoms with van der Waals surface area (Å²) in [6, 6.07) is 23.5. The maximum absolute atomic E-state index is 13.2. The fourth-order valence-electron chi connectivity index (χ4n) is 4.31. The number of methoxy groups -OCH3 is 1. The minimum atomic E-state index is -3.81. The van der Waals surface area contributed by atoms with Crippen molar-refractivity contribution in [2.75, 3.05) is 25.0 Å². The van der Waals surface area contributed by atoms with Gasteiger partial charge in [-0.25, -0.2) is 8.42 Å². The lowest BCUT2D eigenvalue weighted by Gasteiger charge is -2.25. The van der Waals surface area contributed by atoms with Gasteiger partial charge in [-0.1, -0.05) is 42.5 Å². The number of nitrogens with zero attached hydrogens (tertiary/aromatic N) is 2. The molecule has 1 fully saturated rings. The summed E-state index contributed by atoms with van der Waals surface area (Å²) in [5.74, 6) is 0.407. The molecule has 1 heterocycles. The molecule has 1 atom stereocenters. The first-order valence-corrected chi connectivity index (χ1v) is 12.4. The molecule has 1 aliphatic heterocycles. The molecule has 3 aromatic carbocycles. The van der Waals surface area contributed by atoms with Crippen LogP contribution in [0.2, 0.25) is 0 Å². The van der Waals surface area contributed by atoms with Crippen LogP contribution in [0, 0.1) is 0 Å². The van der Waals surface area contributed by atoms with E-state index in [1.165, 1.54) is 36.2 Å². The summed E-state index contributed by atoms with van der Waals surface area (Å²) in [4.78, 5) is 15.2. The van der Waals surface area contributed by atoms with E-state index in [9.17, 15) is 13.2 Å². The van der Waals surface area contributed by atoms with Crippen LogP contribution in [0.3, 0.4) is 0 Å². The summed E-state index contributed by atoms with van der Waals surface area (Å²) >= 11 is 0. The number of hydrogen-bond acceptors (Lipinski definition) is 4. The standard InChI is InChI=1S/C26H28N2O4S/c1-27(24-12-6-7-13-25(24)32-2)33(30,31)23-16-14-21(15-17-23)26(29)28-18-8-11-22(28)19-20-9-4-3-5-10-20/h3-7,9-10,12-17,22H,8,11,18-19H2,1-2H3/t22-/m1/s1. The van der Waals surface area contributed by atoms with Crippen molar-refractivity contribution in [3.8, 4) is 5.75 Å². The Labute approximate surface area is 195 Å². The summed E-state index contributed by atoms with van der Waals surface area (Å²) < 4.78 is 32.8. The first-order chi connectivity index (χ1) is 15.9. The van der Waals surface area contributed by atoms with Crippen molar-refractivity contribution in [1.29, 1.82) is 0 Å². The van der Waals surface area contributed by atoms with Gasteiger partial charge < -0.3 is 9.64 Å². The number of sulfonamides is 1. The predicted molar refractivity (Wildman–Crippen MR) is 129 cm³/mol. The van der Waals surface area contributed by atoms with Gasteiger partial charge in [0.2, 0.25) is 0 Å². The molecule has 172 valence electrons. The van der Waals surface area contributed by atoms with Crippen LogP contribution in [0.25, 0.3) is 0 Å². The number of rotatable bonds is 7. The Morgan fingerprint density at radius 1 is 1.00 bits per heavy atom. The average molecular weight is 465 g/mol. The van der Waals surface area contributed by atoms with E-state index in [1.807, 2.05) is 23.1 Å². The maximum Gasteiger partial charge on any atom is 0.264 e. The highest BCUT2D eigenvalue weighted by atomic mass is 32.2. The second-order valence-electron chi connectivity index (χ2n) is 8.15. The van der Waals surface area contributed by atoms with Gasteiger partial charge in [-0.15, -0.1) is 0 Å². The fourth-order valence-corrected chi connectivity index (χ4v) is 5.52. The topological polar surface area (TPSA) is 66.9 Å². The van der Waals surface area contributed by atoms with Gasteiger partial charge in [-0.05, 0) is 61.2 Å². The van der Waals surface area contributed by atoms with Crippen molar-refractivity contribution in [3.63, 3.8) is 0 Å². The number of benzene rings is 3. The van der Waals surface area contributed by atoms with Gasteiger partial charge >= 0.3 is 0 Å². The SMILES string of the molecule is COc1ccccc1N(C)S(=O)(=O)c1ccc(C(=O)N2CCC[C@@H]2Cc2ccccc2)cc1. The zero-order chi connectivity index (χ0) is 23.4. The van der Waals surface area contributed by atoms with E-state index in [1.54, 1.807) is 36.4 Å². The molecule has 3 aromatic rings. The van der Waals surface area contributed by atoms with Crippen LogP contribution >= 0.6 is 0 Å². The monoisotopic (exact) mass is 464 g/mol. The van der Waals surface area contributed by atoms with E-state index in [-0.39, 0.29) is 16.8 Å². The number of ether oxygens (including phenoxy) is 1. The summed E-state index contributed by atoms with van der Waals surface area (Å²) in [6.07, 6.45) is 2.76.